The Kier molecular flexibility index (Phi) is 7.70. The van der Waals surface area contributed by atoms with Gasteiger partial charge in [-0.2, -0.15) is 18.2 Å². The Hall–Kier alpha value is -3.79. The van der Waals surface area contributed by atoms with Gasteiger partial charge in [0, 0.05) is 28.7 Å². The molecule has 204 valence electrons. The van der Waals surface area contributed by atoms with Crippen LogP contribution in [0.5, 0.6) is 17.5 Å². The van der Waals surface area contributed by atoms with Crippen molar-refractivity contribution in [3.8, 4) is 17.5 Å². The fourth-order valence-electron chi connectivity index (χ4n) is 3.27. The molecule has 0 spiro atoms. The van der Waals surface area contributed by atoms with Crippen LogP contribution in [-0.2, 0) is 25.7 Å². The van der Waals surface area contributed by atoms with Crippen molar-refractivity contribution in [2.24, 2.45) is 0 Å². The Morgan fingerprint density at radius 2 is 1.71 bits per heavy atom. The largest absolute Gasteiger partial charge is 0.478 e. The predicted molar refractivity (Wildman–Crippen MR) is 130 cm³/mol. The maximum atomic E-state index is 13.6. The molecule has 1 atom stereocenters. The van der Waals surface area contributed by atoms with Crippen molar-refractivity contribution in [1.82, 2.24) is 15.2 Å². The van der Waals surface area contributed by atoms with E-state index in [-0.39, 0.29) is 32.8 Å². The summed E-state index contributed by atoms with van der Waals surface area (Å²) in [5.41, 5.74) is -2.44. The Balaban J connectivity index is 2.16. The highest BCUT2D eigenvalue weighted by Crippen LogP contribution is 2.38. The molecule has 0 radical (unpaired) electrons. The van der Waals surface area contributed by atoms with Gasteiger partial charge in [-0.25, -0.2) is 17.4 Å². The Morgan fingerprint density at radius 1 is 1.05 bits per heavy atom. The van der Waals surface area contributed by atoms with Gasteiger partial charge in [-0.3, -0.25) is 4.79 Å². The molecule has 3 aromatic rings. The highest BCUT2D eigenvalue weighted by molar-refractivity contribution is 7.91. The molecule has 1 unspecified atom stereocenters. The van der Waals surface area contributed by atoms with E-state index >= 15 is 0 Å². The summed E-state index contributed by atoms with van der Waals surface area (Å²) < 4.78 is 95.2. The number of nitrogens with one attached hydrogen (secondary N) is 2. The number of hydrogen-bond donors (Lipinski definition) is 2. The molecule has 3 rings (SSSR count). The third-order valence-electron chi connectivity index (χ3n) is 5.10. The minimum Gasteiger partial charge on any atom is -0.478 e. The number of anilines is 1. The zero-order valence-corrected chi connectivity index (χ0v) is 22.3. The molecule has 2 aromatic heterocycles. The van der Waals surface area contributed by atoms with E-state index < -0.39 is 54.4 Å². The van der Waals surface area contributed by atoms with Crippen LogP contribution in [0.25, 0.3) is 0 Å². The molecule has 2 heterocycles. The average molecular weight is 574 g/mol. The van der Waals surface area contributed by atoms with E-state index in [0.29, 0.717) is 0 Å². The second-order valence-electron chi connectivity index (χ2n) is 8.17. The smallest absolute Gasteiger partial charge is 0.435 e. The van der Waals surface area contributed by atoms with Crippen LogP contribution >= 0.6 is 0 Å². The number of halogens is 3. The first-order chi connectivity index (χ1) is 17.4. The van der Waals surface area contributed by atoms with E-state index in [9.17, 15) is 30.6 Å². The molecule has 0 aliphatic rings. The van der Waals surface area contributed by atoms with Gasteiger partial charge in [-0.1, -0.05) is 6.07 Å². The zero-order valence-electron chi connectivity index (χ0n) is 20.6. The maximum Gasteiger partial charge on any atom is 0.435 e. The summed E-state index contributed by atoms with van der Waals surface area (Å²) in [5.74, 6) is -2.24. The number of aryl methyl sites for hydroxylation is 1. The van der Waals surface area contributed by atoms with Crippen LogP contribution < -0.4 is 14.8 Å². The number of benzene rings is 1. The van der Waals surface area contributed by atoms with Gasteiger partial charge in [0.15, 0.2) is 26.3 Å². The standard InChI is InChI=1S/C22H22F3N5O6S2/c1-11-9-15(38(5,33)34)28-21(35-3)17(11)36-20-16(12(2)18(29-30-20)22(23,24)25)19(31)27-13-7-6-8-14(10-13)37(4,26)32/h6-10,26H,1-5H3,(H,27,31). The lowest BCUT2D eigenvalue weighted by Crippen LogP contribution is -2.21. The number of hydrogen-bond acceptors (Lipinski definition) is 10. The fourth-order valence-corrected chi connectivity index (χ4v) is 4.60. The van der Waals surface area contributed by atoms with E-state index in [0.717, 1.165) is 19.2 Å². The fraction of sp³-hybridized carbons (Fsp3) is 0.273. The van der Waals surface area contributed by atoms with E-state index in [1.54, 1.807) is 0 Å². The van der Waals surface area contributed by atoms with Crippen LogP contribution in [0, 0.1) is 18.6 Å². The quantitative estimate of drug-likeness (QED) is 0.426. The van der Waals surface area contributed by atoms with Crippen molar-refractivity contribution < 1.29 is 40.1 Å². The maximum absolute atomic E-state index is 13.6. The van der Waals surface area contributed by atoms with Gasteiger partial charge in [0.25, 0.3) is 17.7 Å². The van der Waals surface area contributed by atoms with E-state index in [2.05, 4.69) is 20.5 Å². The van der Waals surface area contributed by atoms with Crippen molar-refractivity contribution in [3.63, 3.8) is 0 Å². The molecule has 0 saturated heterocycles. The highest BCUT2D eigenvalue weighted by Gasteiger charge is 2.38. The molecular formula is C22H22F3N5O6S2. The second-order valence-corrected chi connectivity index (χ2v) is 12.3. The lowest BCUT2D eigenvalue weighted by molar-refractivity contribution is -0.142. The van der Waals surface area contributed by atoms with Gasteiger partial charge in [0.1, 0.15) is 5.56 Å². The number of nitrogens with zero attached hydrogens (tertiary/aromatic N) is 3. The number of amides is 1. The lowest BCUT2D eigenvalue weighted by Gasteiger charge is -2.18. The molecule has 0 fully saturated rings. The number of alkyl halides is 3. The molecule has 1 amide bonds. The molecule has 11 nitrogen and oxygen atoms in total. The second kappa shape index (κ2) is 10.2. The molecule has 2 N–H and O–H groups in total. The monoisotopic (exact) mass is 573 g/mol. The summed E-state index contributed by atoms with van der Waals surface area (Å²) in [6.07, 6.45) is -2.85. The number of rotatable bonds is 7. The summed E-state index contributed by atoms with van der Waals surface area (Å²) in [5, 5.41) is 8.72. The highest BCUT2D eigenvalue weighted by atomic mass is 32.2. The van der Waals surface area contributed by atoms with E-state index in [4.69, 9.17) is 14.3 Å². The third kappa shape index (κ3) is 6.19. The number of carbonyl (C=O) groups is 1. The molecule has 0 aliphatic carbocycles. The summed E-state index contributed by atoms with van der Waals surface area (Å²) in [6, 6.07) is 6.63. The van der Waals surface area contributed by atoms with Gasteiger partial charge in [-0.15, -0.1) is 10.2 Å². The minimum atomic E-state index is -4.95. The third-order valence-corrected chi connectivity index (χ3v) is 7.22. The Labute approximate surface area is 216 Å². The van der Waals surface area contributed by atoms with Crippen molar-refractivity contribution >= 4 is 31.2 Å². The van der Waals surface area contributed by atoms with Gasteiger partial charge >= 0.3 is 6.18 Å². The molecular weight excluding hydrogens is 551 g/mol. The average Bonchev–Trinajstić information content (AvgIpc) is 2.78. The number of sulfone groups is 1. The predicted octanol–water partition coefficient (Wildman–Crippen LogP) is 4.00. The SMILES string of the molecule is COc1nc(S(C)(=O)=O)cc(C)c1Oc1nnc(C(F)(F)F)c(C)c1C(=O)Nc1cccc(S(C)(=N)=O)c1. The molecule has 0 bridgehead atoms. The molecule has 16 heteroatoms. The van der Waals surface area contributed by atoms with Gasteiger partial charge in [0.2, 0.25) is 0 Å². The first kappa shape index (κ1) is 28.8. The van der Waals surface area contributed by atoms with E-state index in [1.165, 1.54) is 44.6 Å². The number of methoxy groups -OCH3 is 1. The topological polar surface area (TPSA) is 161 Å². The van der Waals surface area contributed by atoms with Gasteiger partial charge in [-0.05, 0) is 43.7 Å². The normalized spacial score (nSPS) is 13.5. The van der Waals surface area contributed by atoms with Crippen molar-refractivity contribution in [1.29, 1.82) is 4.78 Å². The molecule has 0 aliphatic heterocycles. The summed E-state index contributed by atoms with van der Waals surface area (Å²) in [6.45, 7) is 2.44. The number of ether oxygens (including phenoxy) is 2. The van der Waals surface area contributed by atoms with E-state index in [1.807, 2.05) is 0 Å². The van der Waals surface area contributed by atoms with Crippen molar-refractivity contribution in [2.75, 3.05) is 24.9 Å². The molecule has 0 saturated carbocycles. The Bertz CT molecular complexity index is 1640. The number of pyridine rings is 1. The van der Waals surface area contributed by atoms with Crippen LogP contribution in [0.15, 0.2) is 40.3 Å². The number of aromatic nitrogens is 3. The van der Waals surface area contributed by atoms with Crippen molar-refractivity contribution in [2.45, 2.75) is 29.9 Å². The van der Waals surface area contributed by atoms with Crippen LogP contribution in [0.3, 0.4) is 0 Å². The summed E-state index contributed by atoms with van der Waals surface area (Å²) >= 11 is 0. The van der Waals surface area contributed by atoms with Crippen LogP contribution in [0.1, 0.15) is 27.2 Å². The summed E-state index contributed by atoms with van der Waals surface area (Å²) in [4.78, 5) is 17.2. The first-order valence-corrected chi connectivity index (χ1v) is 14.3. The van der Waals surface area contributed by atoms with Crippen LogP contribution in [0.2, 0.25) is 0 Å². The number of carbonyl (C=O) groups excluding carboxylic acids is 1. The first-order valence-electron chi connectivity index (χ1n) is 10.5. The van der Waals surface area contributed by atoms with Crippen LogP contribution in [-0.4, -0.2) is 53.3 Å². The Morgan fingerprint density at radius 3 is 2.26 bits per heavy atom. The van der Waals surface area contributed by atoms with Crippen LogP contribution in [0.4, 0.5) is 18.9 Å². The van der Waals surface area contributed by atoms with Gasteiger partial charge < -0.3 is 14.8 Å². The molecule has 1 aromatic carbocycles. The minimum absolute atomic E-state index is 0.0537. The zero-order chi connectivity index (χ0) is 28.6. The summed E-state index contributed by atoms with van der Waals surface area (Å²) in [7, 11) is -5.72. The molecule has 38 heavy (non-hydrogen) atoms. The van der Waals surface area contributed by atoms with Crippen molar-refractivity contribution in [3.05, 3.63) is 52.7 Å². The van der Waals surface area contributed by atoms with Gasteiger partial charge in [0.05, 0.1) is 16.8 Å². The lowest BCUT2D eigenvalue weighted by atomic mass is 10.1.